The van der Waals surface area contributed by atoms with Crippen LogP contribution in [-0.4, -0.2) is 6.61 Å². The van der Waals surface area contributed by atoms with Crippen LogP contribution in [0.25, 0.3) is 10.1 Å². The molecule has 0 aliphatic rings. The molecule has 0 unspecified atom stereocenters. The summed E-state index contributed by atoms with van der Waals surface area (Å²) >= 11 is 1.82. The second-order valence-corrected chi connectivity index (χ2v) is 4.28. The van der Waals surface area contributed by atoms with Crippen LogP contribution in [0, 0.1) is 6.92 Å². The second kappa shape index (κ2) is 3.38. The highest BCUT2D eigenvalue weighted by Crippen LogP contribution is 2.28. The third-order valence-corrected chi connectivity index (χ3v) is 2.95. The smallest absolute Gasteiger partial charge is 0.119 e. The van der Waals surface area contributed by atoms with E-state index < -0.39 is 0 Å². The summed E-state index contributed by atoms with van der Waals surface area (Å²) in [6.45, 7) is 4.86. The Bertz CT molecular complexity index is 417. The fourth-order valence-corrected chi connectivity index (χ4v) is 2.32. The fourth-order valence-electron chi connectivity index (χ4n) is 1.41. The van der Waals surface area contributed by atoms with Gasteiger partial charge in [0.2, 0.25) is 0 Å². The van der Waals surface area contributed by atoms with Gasteiger partial charge in [-0.15, -0.1) is 11.3 Å². The normalized spacial score (nSPS) is 10.6. The number of thiophene rings is 1. The molecule has 0 radical (unpaired) electrons. The maximum absolute atomic E-state index is 5.43. The molecule has 0 bridgehead atoms. The van der Waals surface area contributed by atoms with Gasteiger partial charge in [0.05, 0.1) is 6.61 Å². The maximum Gasteiger partial charge on any atom is 0.119 e. The van der Waals surface area contributed by atoms with Crippen molar-refractivity contribution in [2.45, 2.75) is 13.8 Å². The lowest BCUT2D eigenvalue weighted by molar-refractivity contribution is 0.341. The summed E-state index contributed by atoms with van der Waals surface area (Å²) in [5.74, 6) is 0.966. The van der Waals surface area contributed by atoms with Crippen LogP contribution < -0.4 is 4.74 Å². The van der Waals surface area contributed by atoms with Crippen molar-refractivity contribution >= 4 is 21.4 Å². The standard InChI is InChI=1S/C11H12OS/c1-3-12-10-4-5-11-9(7-10)6-8(2)13-11/h4-7H,3H2,1-2H3. The van der Waals surface area contributed by atoms with Crippen molar-refractivity contribution in [2.75, 3.05) is 6.61 Å². The molecule has 1 nitrogen and oxygen atoms in total. The molecule has 0 fully saturated rings. The molecule has 0 saturated carbocycles. The van der Waals surface area contributed by atoms with Gasteiger partial charge in [-0.2, -0.15) is 0 Å². The number of ether oxygens (including phenoxy) is 1. The van der Waals surface area contributed by atoms with Crippen molar-refractivity contribution in [3.05, 3.63) is 29.1 Å². The van der Waals surface area contributed by atoms with Crippen molar-refractivity contribution in [3.63, 3.8) is 0 Å². The fraction of sp³-hybridized carbons (Fsp3) is 0.273. The van der Waals surface area contributed by atoms with Crippen molar-refractivity contribution in [3.8, 4) is 5.75 Å². The van der Waals surface area contributed by atoms with Crippen molar-refractivity contribution in [1.29, 1.82) is 0 Å². The zero-order chi connectivity index (χ0) is 9.26. The molecular formula is C11H12OS. The molecule has 1 heterocycles. The molecule has 0 atom stereocenters. The Morgan fingerprint density at radius 2 is 2.15 bits per heavy atom. The summed E-state index contributed by atoms with van der Waals surface area (Å²) in [4.78, 5) is 1.35. The third kappa shape index (κ3) is 1.68. The first-order chi connectivity index (χ1) is 6.29. The number of rotatable bonds is 2. The highest BCUT2D eigenvalue weighted by molar-refractivity contribution is 7.19. The topological polar surface area (TPSA) is 9.23 Å². The number of aryl methyl sites for hydroxylation is 1. The molecule has 2 rings (SSSR count). The Morgan fingerprint density at radius 3 is 2.92 bits per heavy atom. The molecule has 0 aliphatic carbocycles. The molecule has 0 saturated heterocycles. The van der Waals surface area contributed by atoms with E-state index in [9.17, 15) is 0 Å². The Labute approximate surface area is 82.0 Å². The van der Waals surface area contributed by atoms with E-state index in [2.05, 4.69) is 25.1 Å². The number of hydrogen-bond acceptors (Lipinski definition) is 2. The number of fused-ring (bicyclic) bond motifs is 1. The third-order valence-electron chi connectivity index (χ3n) is 1.92. The van der Waals surface area contributed by atoms with Crippen LogP contribution in [0.5, 0.6) is 5.75 Å². The Balaban J connectivity index is 2.48. The Kier molecular flexibility index (Phi) is 2.23. The van der Waals surface area contributed by atoms with Crippen LogP contribution in [0.1, 0.15) is 11.8 Å². The molecule has 2 heteroatoms. The SMILES string of the molecule is CCOc1ccc2sc(C)cc2c1. The minimum atomic E-state index is 0.731. The minimum Gasteiger partial charge on any atom is -0.494 e. The highest BCUT2D eigenvalue weighted by Gasteiger charge is 1.99. The van der Waals surface area contributed by atoms with E-state index >= 15 is 0 Å². The van der Waals surface area contributed by atoms with Gasteiger partial charge in [0.25, 0.3) is 0 Å². The van der Waals surface area contributed by atoms with Crippen LogP contribution in [0.3, 0.4) is 0 Å². The average Bonchev–Trinajstić information content (AvgIpc) is 2.44. The summed E-state index contributed by atoms with van der Waals surface area (Å²) in [6, 6.07) is 8.45. The van der Waals surface area contributed by atoms with E-state index in [4.69, 9.17) is 4.74 Å². The van der Waals surface area contributed by atoms with E-state index in [1.165, 1.54) is 15.0 Å². The summed E-state index contributed by atoms with van der Waals surface area (Å²) in [6.07, 6.45) is 0. The van der Waals surface area contributed by atoms with Crippen molar-refractivity contribution < 1.29 is 4.74 Å². The predicted molar refractivity (Wildman–Crippen MR) is 57.7 cm³/mol. The summed E-state index contributed by atoms with van der Waals surface area (Å²) in [5, 5.41) is 1.29. The van der Waals surface area contributed by atoms with Crippen LogP contribution >= 0.6 is 11.3 Å². The van der Waals surface area contributed by atoms with Gasteiger partial charge in [-0.1, -0.05) is 0 Å². The van der Waals surface area contributed by atoms with Crippen LogP contribution in [0.4, 0.5) is 0 Å². The van der Waals surface area contributed by atoms with Crippen molar-refractivity contribution in [1.82, 2.24) is 0 Å². The zero-order valence-corrected chi connectivity index (χ0v) is 8.65. The lowest BCUT2D eigenvalue weighted by Gasteiger charge is -2.01. The number of benzene rings is 1. The predicted octanol–water partition coefficient (Wildman–Crippen LogP) is 3.61. The summed E-state index contributed by atoms with van der Waals surface area (Å²) in [5.41, 5.74) is 0. The summed E-state index contributed by atoms with van der Waals surface area (Å²) in [7, 11) is 0. The molecule has 1 aromatic carbocycles. The molecule has 13 heavy (non-hydrogen) atoms. The molecule has 0 amide bonds. The van der Waals surface area contributed by atoms with Gasteiger partial charge in [-0.25, -0.2) is 0 Å². The molecule has 0 N–H and O–H groups in total. The lowest BCUT2D eigenvalue weighted by Crippen LogP contribution is -1.89. The van der Waals surface area contributed by atoms with E-state index in [0.717, 1.165) is 12.4 Å². The highest BCUT2D eigenvalue weighted by atomic mass is 32.1. The Hall–Kier alpha value is -1.02. The van der Waals surface area contributed by atoms with Gasteiger partial charge < -0.3 is 4.74 Å². The molecule has 2 aromatic rings. The second-order valence-electron chi connectivity index (χ2n) is 2.99. The van der Waals surface area contributed by atoms with Crippen LogP contribution in [0.15, 0.2) is 24.3 Å². The number of hydrogen-bond donors (Lipinski definition) is 0. The molecule has 0 aliphatic heterocycles. The first kappa shape index (κ1) is 8.57. The minimum absolute atomic E-state index is 0.731. The van der Waals surface area contributed by atoms with Gasteiger partial charge in [-0.05, 0) is 43.5 Å². The largest absolute Gasteiger partial charge is 0.494 e. The van der Waals surface area contributed by atoms with Gasteiger partial charge in [0.15, 0.2) is 0 Å². The van der Waals surface area contributed by atoms with Gasteiger partial charge >= 0.3 is 0 Å². The van der Waals surface area contributed by atoms with E-state index in [0.29, 0.717) is 0 Å². The lowest BCUT2D eigenvalue weighted by atomic mass is 10.2. The van der Waals surface area contributed by atoms with E-state index in [1.807, 2.05) is 24.3 Å². The zero-order valence-electron chi connectivity index (χ0n) is 7.83. The van der Waals surface area contributed by atoms with Gasteiger partial charge in [0, 0.05) is 9.58 Å². The molecule has 68 valence electrons. The van der Waals surface area contributed by atoms with E-state index in [-0.39, 0.29) is 0 Å². The van der Waals surface area contributed by atoms with Crippen LogP contribution in [-0.2, 0) is 0 Å². The van der Waals surface area contributed by atoms with Gasteiger partial charge in [0.1, 0.15) is 5.75 Å². The first-order valence-electron chi connectivity index (χ1n) is 4.42. The van der Waals surface area contributed by atoms with Crippen molar-refractivity contribution in [2.24, 2.45) is 0 Å². The summed E-state index contributed by atoms with van der Waals surface area (Å²) < 4.78 is 6.76. The molecule has 1 aromatic heterocycles. The van der Waals surface area contributed by atoms with Crippen LogP contribution in [0.2, 0.25) is 0 Å². The van der Waals surface area contributed by atoms with E-state index in [1.54, 1.807) is 0 Å². The molecule has 0 spiro atoms. The quantitative estimate of drug-likeness (QED) is 0.706. The monoisotopic (exact) mass is 192 g/mol. The maximum atomic E-state index is 5.43. The average molecular weight is 192 g/mol. The molecular weight excluding hydrogens is 180 g/mol. The Morgan fingerprint density at radius 1 is 1.31 bits per heavy atom. The van der Waals surface area contributed by atoms with Gasteiger partial charge in [-0.3, -0.25) is 0 Å². The first-order valence-corrected chi connectivity index (χ1v) is 5.24.